The molecule has 1 aliphatic heterocycles. The zero-order chi connectivity index (χ0) is 13.5. The summed E-state index contributed by atoms with van der Waals surface area (Å²) < 4.78 is 1.16. The van der Waals surface area contributed by atoms with Crippen LogP contribution in [-0.4, -0.2) is 11.5 Å². The van der Waals surface area contributed by atoms with E-state index in [4.69, 9.17) is 0 Å². The molecule has 1 aliphatic rings. The number of hydrogen-bond acceptors (Lipinski definition) is 1. The number of benzene rings is 2. The predicted molar refractivity (Wildman–Crippen MR) is 86.0 cm³/mol. The molecule has 0 saturated carbocycles. The van der Waals surface area contributed by atoms with Gasteiger partial charge >= 0.3 is 0 Å². The summed E-state index contributed by atoms with van der Waals surface area (Å²) in [6, 6.07) is 17.3. The molecule has 2 heterocycles. The second-order valence-corrected chi connectivity index (χ2v) is 6.08. The van der Waals surface area contributed by atoms with Crippen LogP contribution in [-0.2, 0) is 6.42 Å². The molecule has 2 aromatic carbocycles. The molecular formula is C17H15BrN2. The maximum absolute atomic E-state index is 3.67. The van der Waals surface area contributed by atoms with E-state index in [1.807, 2.05) is 0 Å². The van der Waals surface area contributed by atoms with Crippen molar-refractivity contribution < 1.29 is 0 Å². The number of nitrogens with one attached hydrogen (secondary N) is 2. The van der Waals surface area contributed by atoms with E-state index in [-0.39, 0.29) is 6.04 Å². The second kappa shape index (κ2) is 4.76. The first-order valence-electron chi connectivity index (χ1n) is 6.92. The van der Waals surface area contributed by atoms with Crippen molar-refractivity contribution in [3.05, 3.63) is 69.8 Å². The lowest BCUT2D eigenvalue weighted by Crippen LogP contribution is -2.30. The van der Waals surface area contributed by atoms with Gasteiger partial charge in [-0.15, -0.1) is 0 Å². The highest BCUT2D eigenvalue weighted by atomic mass is 79.9. The summed E-state index contributed by atoms with van der Waals surface area (Å²) in [5, 5.41) is 4.99. The van der Waals surface area contributed by atoms with Gasteiger partial charge in [-0.25, -0.2) is 0 Å². The summed E-state index contributed by atoms with van der Waals surface area (Å²) >= 11 is 3.67. The summed E-state index contributed by atoms with van der Waals surface area (Å²) in [6.07, 6.45) is 1.08. The Morgan fingerprint density at radius 1 is 1.00 bits per heavy atom. The second-order valence-electron chi connectivity index (χ2n) is 5.22. The zero-order valence-corrected chi connectivity index (χ0v) is 12.6. The van der Waals surface area contributed by atoms with Gasteiger partial charge in [0.2, 0.25) is 0 Å². The predicted octanol–water partition coefficient (Wildman–Crippen LogP) is 4.17. The van der Waals surface area contributed by atoms with Crippen molar-refractivity contribution in [3.8, 4) is 0 Å². The number of aromatic nitrogens is 1. The zero-order valence-electron chi connectivity index (χ0n) is 11.0. The largest absolute Gasteiger partial charge is 0.357 e. The lowest BCUT2D eigenvalue weighted by atomic mass is 9.94. The van der Waals surface area contributed by atoms with Crippen LogP contribution < -0.4 is 5.32 Å². The van der Waals surface area contributed by atoms with Crippen LogP contribution in [0.1, 0.15) is 22.9 Å². The molecule has 0 saturated heterocycles. The molecule has 20 heavy (non-hydrogen) atoms. The fourth-order valence-corrected chi connectivity index (χ4v) is 3.67. The first-order valence-corrected chi connectivity index (χ1v) is 7.71. The van der Waals surface area contributed by atoms with E-state index in [0.29, 0.717) is 0 Å². The van der Waals surface area contributed by atoms with E-state index in [1.54, 1.807) is 0 Å². The van der Waals surface area contributed by atoms with Crippen LogP contribution in [0.5, 0.6) is 0 Å². The van der Waals surface area contributed by atoms with Crippen molar-refractivity contribution in [2.75, 3.05) is 6.54 Å². The Bertz CT molecular complexity index is 776. The van der Waals surface area contributed by atoms with Crippen LogP contribution in [0.25, 0.3) is 10.9 Å². The molecular weight excluding hydrogens is 312 g/mol. The number of para-hydroxylation sites is 1. The van der Waals surface area contributed by atoms with Crippen LogP contribution >= 0.6 is 15.9 Å². The molecule has 4 rings (SSSR count). The Hall–Kier alpha value is -1.58. The molecule has 2 N–H and O–H groups in total. The van der Waals surface area contributed by atoms with Crippen molar-refractivity contribution >= 4 is 26.8 Å². The third-order valence-corrected chi connectivity index (χ3v) is 4.80. The maximum Gasteiger partial charge on any atom is 0.0743 e. The molecule has 0 fully saturated rings. The normalized spacial score (nSPS) is 18.1. The molecule has 2 nitrogen and oxygen atoms in total. The standard InChI is InChI=1S/C17H15BrN2/c18-14-7-3-1-6-13(14)16-17-12(9-10-19-16)11-5-2-4-8-15(11)20-17/h1-8,16,19-20H,9-10H2. The van der Waals surface area contributed by atoms with E-state index >= 15 is 0 Å². The van der Waals surface area contributed by atoms with Gasteiger partial charge in [-0.2, -0.15) is 0 Å². The number of fused-ring (bicyclic) bond motifs is 3. The van der Waals surface area contributed by atoms with Gasteiger partial charge in [0.1, 0.15) is 0 Å². The Kier molecular flexibility index (Phi) is 2.90. The minimum atomic E-state index is 0.238. The van der Waals surface area contributed by atoms with Gasteiger partial charge in [-0.3, -0.25) is 0 Å². The summed E-state index contributed by atoms with van der Waals surface area (Å²) in [5.74, 6) is 0. The van der Waals surface area contributed by atoms with Crippen molar-refractivity contribution in [1.82, 2.24) is 10.3 Å². The van der Waals surface area contributed by atoms with Gasteiger partial charge in [-0.1, -0.05) is 52.3 Å². The van der Waals surface area contributed by atoms with Gasteiger partial charge < -0.3 is 10.3 Å². The molecule has 3 aromatic rings. The van der Waals surface area contributed by atoms with E-state index in [1.165, 1.54) is 27.7 Å². The minimum absolute atomic E-state index is 0.238. The van der Waals surface area contributed by atoms with Crippen LogP contribution in [0, 0.1) is 0 Å². The lowest BCUT2D eigenvalue weighted by Gasteiger charge is -2.25. The molecule has 1 atom stereocenters. The smallest absolute Gasteiger partial charge is 0.0743 e. The topological polar surface area (TPSA) is 27.8 Å². The first kappa shape index (κ1) is 12.2. The Labute approximate surface area is 126 Å². The molecule has 100 valence electrons. The third kappa shape index (κ3) is 1.81. The quantitative estimate of drug-likeness (QED) is 0.690. The average Bonchev–Trinajstić information content (AvgIpc) is 2.86. The molecule has 0 spiro atoms. The summed E-state index contributed by atoms with van der Waals surface area (Å²) in [7, 11) is 0. The summed E-state index contributed by atoms with van der Waals surface area (Å²) in [6.45, 7) is 1.01. The van der Waals surface area contributed by atoms with Crippen LogP contribution in [0.15, 0.2) is 53.0 Å². The van der Waals surface area contributed by atoms with Gasteiger partial charge in [0.15, 0.2) is 0 Å². The number of rotatable bonds is 1. The highest BCUT2D eigenvalue weighted by Crippen LogP contribution is 2.35. The Morgan fingerprint density at radius 2 is 1.80 bits per heavy atom. The van der Waals surface area contributed by atoms with E-state index in [2.05, 4.69) is 74.8 Å². The van der Waals surface area contributed by atoms with Gasteiger partial charge in [0, 0.05) is 27.6 Å². The number of halogens is 1. The van der Waals surface area contributed by atoms with Gasteiger partial charge in [0.05, 0.1) is 6.04 Å². The van der Waals surface area contributed by atoms with Gasteiger partial charge in [-0.05, 0) is 29.7 Å². The first-order chi connectivity index (χ1) is 9.84. The summed E-state index contributed by atoms with van der Waals surface area (Å²) in [4.78, 5) is 3.61. The number of H-pyrrole nitrogens is 1. The highest BCUT2D eigenvalue weighted by molar-refractivity contribution is 9.10. The minimum Gasteiger partial charge on any atom is -0.357 e. The monoisotopic (exact) mass is 326 g/mol. The maximum atomic E-state index is 3.67. The van der Waals surface area contributed by atoms with E-state index in [0.717, 1.165) is 17.4 Å². The van der Waals surface area contributed by atoms with Crippen LogP contribution in [0.3, 0.4) is 0 Å². The molecule has 0 aliphatic carbocycles. The molecule has 3 heteroatoms. The fourth-order valence-electron chi connectivity index (χ4n) is 3.15. The number of hydrogen-bond donors (Lipinski definition) is 2. The Balaban J connectivity index is 1.92. The highest BCUT2D eigenvalue weighted by Gasteiger charge is 2.25. The van der Waals surface area contributed by atoms with Crippen molar-refractivity contribution in [1.29, 1.82) is 0 Å². The molecule has 0 amide bonds. The van der Waals surface area contributed by atoms with Crippen molar-refractivity contribution in [3.63, 3.8) is 0 Å². The fraction of sp³-hybridized carbons (Fsp3) is 0.176. The van der Waals surface area contributed by atoms with Gasteiger partial charge in [0.25, 0.3) is 0 Å². The summed E-state index contributed by atoms with van der Waals surface area (Å²) in [5.41, 5.74) is 5.29. The van der Waals surface area contributed by atoms with E-state index in [9.17, 15) is 0 Å². The molecule has 1 unspecified atom stereocenters. The third-order valence-electron chi connectivity index (χ3n) is 4.08. The molecule has 0 radical (unpaired) electrons. The lowest BCUT2D eigenvalue weighted by molar-refractivity contribution is 0.559. The SMILES string of the molecule is Brc1ccccc1C1NCCc2c1[nH]c1ccccc21. The van der Waals surface area contributed by atoms with Crippen molar-refractivity contribution in [2.24, 2.45) is 0 Å². The van der Waals surface area contributed by atoms with E-state index < -0.39 is 0 Å². The number of aromatic amines is 1. The van der Waals surface area contributed by atoms with Crippen LogP contribution in [0.4, 0.5) is 0 Å². The molecule has 0 bridgehead atoms. The average molecular weight is 327 g/mol. The Morgan fingerprint density at radius 3 is 2.70 bits per heavy atom. The molecule has 1 aromatic heterocycles. The van der Waals surface area contributed by atoms with Crippen molar-refractivity contribution in [2.45, 2.75) is 12.5 Å². The van der Waals surface area contributed by atoms with Crippen LogP contribution in [0.2, 0.25) is 0 Å².